The Kier molecular flexibility index (Phi) is 2.94. The summed E-state index contributed by atoms with van der Waals surface area (Å²) >= 11 is 0. The lowest BCUT2D eigenvalue weighted by atomic mass is 9.72. The smallest absolute Gasteiger partial charge is 0.308 e. The number of imide groups is 1. The van der Waals surface area contributed by atoms with Crippen molar-refractivity contribution in [2.75, 3.05) is 6.61 Å². The topological polar surface area (TPSA) is 72.5 Å². The predicted octanol–water partition coefficient (Wildman–Crippen LogP) is 0.238. The van der Waals surface area contributed by atoms with Crippen molar-refractivity contribution < 1.29 is 19.1 Å². The van der Waals surface area contributed by atoms with Gasteiger partial charge in [0.05, 0.1) is 12.5 Å². The first-order valence-electron chi connectivity index (χ1n) is 5.63. The van der Waals surface area contributed by atoms with Gasteiger partial charge in [-0.2, -0.15) is 0 Å². The van der Waals surface area contributed by atoms with E-state index in [4.69, 9.17) is 4.74 Å². The molecule has 1 saturated heterocycles. The van der Waals surface area contributed by atoms with Crippen molar-refractivity contribution in [3.8, 4) is 0 Å². The highest BCUT2D eigenvalue weighted by Crippen LogP contribution is 2.36. The van der Waals surface area contributed by atoms with Crippen LogP contribution in [0.3, 0.4) is 0 Å². The summed E-state index contributed by atoms with van der Waals surface area (Å²) in [5.41, 5.74) is 0. The van der Waals surface area contributed by atoms with Crippen molar-refractivity contribution in [1.29, 1.82) is 0 Å². The third-order valence-corrected chi connectivity index (χ3v) is 3.32. The van der Waals surface area contributed by atoms with E-state index in [1.54, 1.807) is 6.92 Å². The van der Waals surface area contributed by atoms with Gasteiger partial charge >= 0.3 is 5.97 Å². The fourth-order valence-corrected chi connectivity index (χ4v) is 2.53. The summed E-state index contributed by atoms with van der Waals surface area (Å²) < 4.78 is 4.94. The number of carbonyl (C=O) groups is 3. The normalized spacial score (nSPS) is 33.2. The Hall–Kier alpha value is -1.39. The van der Waals surface area contributed by atoms with Crippen LogP contribution in [0, 0.1) is 17.8 Å². The molecule has 1 saturated carbocycles. The molecule has 5 heteroatoms. The number of rotatable bonds is 2. The van der Waals surface area contributed by atoms with E-state index in [0.717, 1.165) is 0 Å². The molecule has 16 heavy (non-hydrogen) atoms. The summed E-state index contributed by atoms with van der Waals surface area (Å²) in [6.45, 7) is 2.09. The van der Waals surface area contributed by atoms with Crippen LogP contribution in [0.15, 0.2) is 0 Å². The molecule has 2 fully saturated rings. The van der Waals surface area contributed by atoms with Gasteiger partial charge in [-0.15, -0.1) is 0 Å². The Morgan fingerprint density at radius 2 is 1.81 bits per heavy atom. The number of piperidine rings is 1. The van der Waals surface area contributed by atoms with Gasteiger partial charge in [0.2, 0.25) is 11.8 Å². The summed E-state index contributed by atoms with van der Waals surface area (Å²) in [6.07, 6.45) is 1.60. The van der Waals surface area contributed by atoms with Gasteiger partial charge in [-0.1, -0.05) is 0 Å². The third-order valence-electron chi connectivity index (χ3n) is 3.32. The van der Waals surface area contributed by atoms with Gasteiger partial charge in [-0.25, -0.2) is 0 Å². The minimum Gasteiger partial charge on any atom is -0.466 e. The number of amides is 2. The van der Waals surface area contributed by atoms with Gasteiger partial charge < -0.3 is 4.74 Å². The molecule has 0 spiro atoms. The van der Waals surface area contributed by atoms with Crippen LogP contribution in [0.2, 0.25) is 0 Å². The maximum atomic E-state index is 11.6. The molecular weight excluding hydrogens is 210 g/mol. The van der Waals surface area contributed by atoms with E-state index in [1.165, 1.54) is 0 Å². The van der Waals surface area contributed by atoms with Crippen LogP contribution in [-0.4, -0.2) is 24.4 Å². The zero-order valence-corrected chi connectivity index (χ0v) is 9.19. The molecular formula is C11H15NO4. The lowest BCUT2D eigenvalue weighted by molar-refractivity contribution is -0.154. The molecule has 1 N–H and O–H groups in total. The fourth-order valence-electron chi connectivity index (χ4n) is 2.53. The molecule has 2 rings (SSSR count). The molecule has 2 aliphatic rings. The van der Waals surface area contributed by atoms with Crippen molar-refractivity contribution in [3.05, 3.63) is 0 Å². The van der Waals surface area contributed by atoms with E-state index in [2.05, 4.69) is 5.32 Å². The van der Waals surface area contributed by atoms with Gasteiger partial charge in [-0.3, -0.25) is 19.7 Å². The average molecular weight is 225 g/mol. The number of ether oxygens (including phenoxy) is 1. The second kappa shape index (κ2) is 4.23. The summed E-state index contributed by atoms with van der Waals surface area (Å²) in [5, 5.41) is 2.34. The third kappa shape index (κ3) is 1.94. The summed E-state index contributed by atoms with van der Waals surface area (Å²) in [6, 6.07) is 0. The van der Waals surface area contributed by atoms with E-state index >= 15 is 0 Å². The highest BCUT2D eigenvalue weighted by Gasteiger charge is 2.43. The molecule has 1 aliphatic heterocycles. The van der Waals surface area contributed by atoms with Gasteiger partial charge in [0, 0.05) is 11.8 Å². The van der Waals surface area contributed by atoms with E-state index in [-0.39, 0.29) is 35.5 Å². The van der Waals surface area contributed by atoms with Crippen LogP contribution in [0.5, 0.6) is 0 Å². The molecule has 88 valence electrons. The molecule has 2 amide bonds. The van der Waals surface area contributed by atoms with Crippen LogP contribution in [0.4, 0.5) is 0 Å². The molecule has 2 atom stereocenters. The van der Waals surface area contributed by atoms with E-state index in [0.29, 0.717) is 25.9 Å². The van der Waals surface area contributed by atoms with Crippen molar-refractivity contribution in [2.24, 2.45) is 17.8 Å². The van der Waals surface area contributed by atoms with Crippen LogP contribution in [0.1, 0.15) is 26.2 Å². The highest BCUT2D eigenvalue weighted by atomic mass is 16.5. The maximum Gasteiger partial charge on any atom is 0.308 e. The minimum atomic E-state index is -0.293. The first-order chi connectivity index (χ1) is 7.61. The lowest BCUT2D eigenvalue weighted by Gasteiger charge is -2.36. The molecule has 5 nitrogen and oxygen atoms in total. The minimum absolute atomic E-state index is 0.203. The van der Waals surface area contributed by atoms with E-state index < -0.39 is 0 Å². The van der Waals surface area contributed by atoms with Crippen LogP contribution in [-0.2, 0) is 19.1 Å². The quantitative estimate of drug-likeness (QED) is 0.539. The number of hydrogen-bond donors (Lipinski definition) is 1. The largest absolute Gasteiger partial charge is 0.466 e. The Bertz CT molecular complexity index is 317. The average Bonchev–Trinajstić information content (AvgIpc) is 2.27. The SMILES string of the molecule is CCOC(=O)C1CC2CC(C1)C(=O)NC2=O. The Morgan fingerprint density at radius 1 is 1.25 bits per heavy atom. The monoisotopic (exact) mass is 225 g/mol. The van der Waals surface area contributed by atoms with Crippen molar-refractivity contribution in [1.82, 2.24) is 5.32 Å². The molecule has 1 aliphatic carbocycles. The standard InChI is InChI=1S/C11H15NO4/c1-2-16-11(15)8-4-6-3-7(5-8)10(14)12-9(6)13/h6-8H,2-5H2,1H3,(H,12,13,14). The van der Waals surface area contributed by atoms with Crippen LogP contribution < -0.4 is 5.32 Å². The van der Waals surface area contributed by atoms with Crippen LogP contribution >= 0.6 is 0 Å². The zero-order valence-electron chi connectivity index (χ0n) is 9.19. The zero-order chi connectivity index (χ0) is 11.7. The van der Waals surface area contributed by atoms with Gasteiger partial charge in [-0.05, 0) is 26.2 Å². The summed E-state index contributed by atoms with van der Waals surface area (Å²) in [4.78, 5) is 34.5. The van der Waals surface area contributed by atoms with Crippen molar-refractivity contribution in [2.45, 2.75) is 26.2 Å². The Labute approximate surface area is 93.5 Å². The number of hydrogen-bond acceptors (Lipinski definition) is 4. The maximum absolute atomic E-state index is 11.6. The molecule has 1 heterocycles. The number of carbonyl (C=O) groups excluding carboxylic acids is 3. The summed E-state index contributed by atoms with van der Waals surface area (Å²) in [5.74, 6) is -1.46. The Balaban J connectivity index is 2.07. The van der Waals surface area contributed by atoms with Crippen LogP contribution in [0.25, 0.3) is 0 Å². The molecule has 2 unspecified atom stereocenters. The Morgan fingerprint density at radius 3 is 2.31 bits per heavy atom. The first-order valence-corrected chi connectivity index (χ1v) is 5.63. The van der Waals surface area contributed by atoms with Gasteiger partial charge in [0.1, 0.15) is 0 Å². The fraction of sp³-hybridized carbons (Fsp3) is 0.727. The molecule has 0 radical (unpaired) electrons. The second-order valence-corrected chi connectivity index (χ2v) is 4.40. The molecule has 2 bridgehead atoms. The van der Waals surface area contributed by atoms with Gasteiger partial charge in [0.25, 0.3) is 0 Å². The molecule has 0 aromatic rings. The van der Waals surface area contributed by atoms with Gasteiger partial charge in [0.15, 0.2) is 0 Å². The summed E-state index contributed by atoms with van der Waals surface area (Å²) in [7, 11) is 0. The molecule has 0 aromatic carbocycles. The number of esters is 1. The predicted molar refractivity (Wildman–Crippen MR) is 54.1 cm³/mol. The number of fused-ring (bicyclic) bond motifs is 2. The van der Waals surface area contributed by atoms with Crippen molar-refractivity contribution >= 4 is 17.8 Å². The van der Waals surface area contributed by atoms with E-state index in [1.807, 2.05) is 0 Å². The molecule has 0 aromatic heterocycles. The van der Waals surface area contributed by atoms with Crippen molar-refractivity contribution in [3.63, 3.8) is 0 Å². The second-order valence-electron chi connectivity index (χ2n) is 4.40. The first kappa shape index (κ1) is 11.1. The van der Waals surface area contributed by atoms with E-state index in [9.17, 15) is 14.4 Å². The highest BCUT2D eigenvalue weighted by molar-refractivity contribution is 6.00. The number of nitrogens with one attached hydrogen (secondary N) is 1. The lowest BCUT2D eigenvalue weighted by Crippen LogP contribution is -2.50.